The van der Waals surface area contributed by atoms with Crippen LogP contribution in [0.25, 0.3) is 10.9 Å². The second-order valence-electron chi connectivity index (χ2n) is 4.58. The fraction of sp³-hybridized carbons (Fsp3) is 0.133. The van der Waals surface area contributed by atoms with E-state index in [1.165, 1.54) is 0 Å². The zero-order valence-corrected chi connectivity index (χ0v) is 11.9. The van der Waals surface area contributed by atoms with Crippen LogP contribution in [0.4, 0.5) is 11.5 Å². The van der Waals surface area contributed by atoms with E-state index in [4.69, 9.17) is 11.6 Å². The van der Waals surface area contributed by atoms with E-state index >= 15 is 0 Å². The maximum Gasteiger partial charge on any atom is 0.135 e. The zero-order chi connectivity index (χ0) is 14.1. The molecule has 0 aliphatic heterocycles. The molecule has 4 nitrogen and oxygen atoms in total. The number of benzene rings is 1. The minimum Gasteiger partial charge on any atom is -0.338 e. The molecule has 20 heavy (non-hydrogen) atoms. The van der Waals surface area contributed by atoms with E-state index in [9.17, 15) is 0 Å². The predicted molar refractivity (Wildman–Crippen MR) is 81.5 cm³/mol. The van der Waals surface area contributed by atoms with Crippen LogP contribution < -0.4 is 5.32 Å². The van der Waals surface area contributed by atoms with Crippen molar-refractivity contribution in [2.45, 2.75) is 13.8 Å². The summed E-state index contributed by atoms with van der Waals surface area (Å²) in [4.78, 5) is 13.0. The SMILES string of the molecule is Cc1ccc2cccc(Nc3cc(Cl)nc(C)n3)c2n1. The molecule has 0 amide bonds. The third-order valence-electron chi connectivity index (χ3n) is 2.93. The maximum atomic E-state index is 5.95. The quantitative estimate of drug-likeness (QED) is 0.722. The Kier molecular flexibility index (Phi) is 3.24. The normalized spacial score (nSPS) is 10.8. The van der Waals surface area contributed by atoms with Gasteiger partial charge in [0.1, 0.15) is 16.8 Å². The van der Waals surface area contributed by atoms with Gasteiger partial charge in [-0.25, -0.2) is 9.97 Å². The molecule has 0 atom stereocenters. The summed E-state index contributed by atoms with van der Waals surface area (Å²) >= 11 is 5.95. The highest BCUT2D eigenvalue weighted by Gasteiger charge is 2.05. The van der Waals surface area contributed by atoms with Gasteiger partial charge in [-0.2, -0.15) is 0 Å². The molecule has 0 saturated carbocycles. The maximum absolute atomic E-state index is 5.95. The zero-order valence-electron chi connectivity index (χ0n) is 11.2. The van der Waals surface area contributed by atoms with E-state index in [1.54, 1.807) is 6.07 Å². The molecule has 0 unspecified atom stereocenters. The van der Waals surface area contributed by atoms with Crippen molar-refractivity contribution in [1.29, 1.82) is 0 Å². The standard InChI is InChI=1S/C15H13ClN4/c1-9-6-7-11-4-3-5-12(15(11)17-9)20-14-8-13(16)18-10(2)19-14/h3-8H,1-2H3,(H,18,19,20). The predicted octanol–water partition coefficient (Wildman–Crippen LogP) is 4.04. The Hall–Kier alpha value is -2.20. The Morgan fingerprint density at radius 2 is 1.85 bits per heavy atom. The van der Waals surface area contributed by atoms with Crippen LogP contribution in [0.3, 0.4) is 0 Å². The van der Waals surface area contributed by atoms with Crippen LogP contribution >= 0.6 is 11.6 Å². The number of halogens is 1. The van der Waals surface area contributed by atoms with Gasteiger partial charge in [-0.3, -0.25) is 4.98 Å². The Labute approximate surface area is 121 Å². The van der Waals surface area contributed by atoms with Gasteiger partial charge < -0.3 is 5.32 Å². The first-order valence-electron chi connectivity index (χ1n) is 6.26. The van der Waals surface area contributed by atoms with Gasteiger partial charge in [0.25, 0.3) is 0 Å². The van der Waals surface area contributed by atoms with Gasteiger partial charge in [0.05, 0.1) is 11.2 Å². The molecule has 5 heteroatoms. The first-order valence-corrected chi connectivity index (χ1v) is 6.64. The average molecular weight is 285 g/mol. The van der Waals surface area contributed by atoms with Crippen molar-refractivity contribution in [2.24, 2.45) is 0 Å². The highest BCUT2D eigenvalue weighted by Crippen LogP contribution is 2.25. The Morgan fingerprint density at radius 3 is 2.65 bits per heavy atom. The molecular weight excluding hydrogens is 272 g/mol. The van der Waals surface area contributed by atoms with Crippen molar-refractivity contribution in [3.63, 3.8) is 0 Å². The molecule has 100 valence electrons. The van der Waals surface area contributed by atoms with E-state index in [1.807, 2.05) is 38.1 Å². The van der Waals surface area contributed by atoms with Gasteiger partial charge in [0, 0.05) is 17.1 Å². The smallest absolute Gasteiger partial charge is 0.135 e. The summed E-state index contributed by atoms with van der Waals surface area (Å²) in [6.07, 6.45) is 0. The molecule has 0 fully saturated rings. The van der Waals surface area contributed by atoms with Gasteiger partial charge in [0.2, 0.25) is 0 Å². The lowest BCUT2D eigenvalue weighted by molar-refractivity contribution is 1.06. The average Bonchev–Trinajstić information content (AvgIpc) is 2.38. The third kappa shape index (κ3) is 2.56. The van der Waals surface area contributed by atoms with Crippen molar-refractivity contribution in [3.8, 4) is 0 Å². The van der Waals surface area contributed by atoms with Crippen LogP contribution in [-0.2, 0) is 0 Å². The molecule has 1 N–H and O–H groups in total. The summed E-state index contributed by atoms with van der Waals surface area (Å²) in [7, 11) is 0. The molecule has 1 aromatic carbocycles. The number of anilines is 2. The summed E-state index contributed by atoms with van der Waals surface area (Å²) in [5, 5.41) is 4.76. The minimum absolute atomic E-state index is 0.421. The number of aromatic nitrogens is 3. The number of para-hydroxylation sites is 1. The number of hydrogen-bond acceptors (Lipinski definition) is 4. The largest absolute Gasteiger partial charge is 0.338 e. The number of nitrogens with zero attached hydrogens (tertiary/aromatic N) is 3. The summed E-state index contributed by atoms with van der Waals surface area (Å²) in [5.41, 5.74) is 2.80. The van der Waals surface area contributed by atoms with Crippen molar-refractivity contribution in [1.82, 2.24) is 15.0 Å². The van der Waals surface area contributed by atoms with Crippen molar-refractivity contribution in [2.75, 3.05) is 5.32 Å². The van der Waals surface area contributed by atoms with Crippen LogP contribution in [0.5, 0.6) is 0 Å². The summed E-state index contributed by atoms with van der Waals surface area (Å²) < 4.78 is 0. The molecule has 3 rings (SSSR count). The van der Waals surface area contributed by atoms with Gasteiger partial charge >= 0.3 is 0 Å². The fourth-order valence-corrected chi connectivity index (χ4v) is 2.30. The number of pyridine rings is 1. The van der Waals surface area contributed by atoms with Crippen LogP contribution in [0.2, 0.25) is 5.15 Å². The fourth-order valence-electron chi connectivity index (χ4n) is 2.08. The summed E-state index contributed by atoms with van der Waals surface area (Å²) in [6.45, 7) is 3.78. The lowest BCUT2D eigenvalue weighted by Gasteiger charge is -2.09. The Morgan fingerprint density at radius 1 is 1.00 bits per heavy atom. The van der Waals surface area contributed by atoms with E-state index in [-0.39, 0.29) is 0 Å². The van der Waals surface area contributed by atoms with E-state index in [0.717, 1.165) is 22.3 Å². The Bertz CT molecular complexity index is 766. The molecule has 0 radical (unpaired) electrons. The van der Waals surface area contributed by atoms with Gasteiger partial charge in [-0.05, 0) is 26.0 Å². The molecule has 0 saturated heterocycles. The molecule has 0 bridgehead atoms. The van der Waals surface area contributed by atoms with Crippen molar-refractivity contribution >= 4 is 34.0 Å². The minimum atomic E-state index is 0.421. The number of rotatable bonds is 2. The number of hydrogen-bond donors (Lipinski definition) is 1. The molecular formula is C15H13ClN4. The van der Waals surface area contributed by atoms with Crippen LogP contribution in [0.1, 0.15) is 11.5 Å². The van der Waals surface area contributed by atoms with Gasteiger partial charge in [-0.1, -0.05) is 29.8 Å². The van der Waals surface area contributed by atoms with Gasteiger partial charge in [-0.15, -0.1) is 0 Å². The number of fused-ring (bicyclic) bond motifs is 1. The first-order chi connectivity index (χ1) is 9.61. The second-order valence-corrected chi connectivity index (χ2v) is 4.97. The highest BCUT2D eigenvalue weighted by molar-refractivity contribution is 6.29. The lowest BCUT2D eigenvalue weighted by Crippen LogP contribution is -1.98. The summed E-state index contributed by atoms with van der Waals surface area (Å²) in [5.74, 6) is 1.29. The van der Waals surface area contributed by atoms with Crippen LogP contribution in [-0.4, -0.2) is 15.0 Å². The van der Waals surface area contributed by atoms with E-state index in [2.05, 4.69) is 26.3 Å². The molecule has 0 aliphatic rings. The highest BCUT2D eigenvalue weighted by atomic mass is 35.5. The molecule has 0 spiro atoms. The van der Waals surface area contributed by atoms with Crippen LogP contribution in [0, 0.1) is 13.8 Å². The lowest BCUT2D eigenvalue weighted by atomic mass is 10.1. The topological polar surface area (TPSA) is 50.7 Å². The monoisotopic (exact) mass is 284 g/mol. The Balaban J connectivity index is 2.08. The van der Waals surface area contributed by atoms with E-state index < -0.39 is 0 Å². The van der Waals surface area contributed by atoms with Crippen LogP contribution in [0.15, 0.2) is 36.4 Å². The molecule has 2 aromatic heterocycles. The van der Waals surface area contributed by atoms with Gasteiger partial charge in [0.15, 0.2) is 0 Å². The molecule has 2 heterocycles. The van der Waals surface area contributed by atoms with Crippen molar-refractivity contribution < 1.29 is 0 Å². The first kappa shape index (κ1) is 12.8. The third-order valence-corrected chi connectivity index (χ3v) is 3.12. The van der Waals surface area contributed by atoms with E-state index in [0.29, 0.717) is 16.8 Å². The number of aryl methyl sites for hydroxylation is 2. The molecule has 3 aromatic rings. The molecule has 0 aliphatic carbocycles. The number of nitrogens with one attached hydrogen (secondary N) is 1. The second kappa shape index (κ2) is 5.06. The van der Waals surface area contributed by atoms with Crippen molar-refractivity contribution in [3.05, 3.63) is 53.1 Å². The summed E-state index contributed by atoms with van der Waals surface area (Å²) in [6, 6.07) is 11.7.